The maximum absolute atomic E-state index is 12.7. The SMILES string of the molecule is O=S1(=O)CCC(S(=O)(=O)N2CCN(CC3COc4ccccc4O3)CC2)C1. The molecule has 1 aromatic carbocycles. The Morgan fingerprint density at radius 3 is 2.44 bits per heavy atom. The van der Waals surface area contributed by atoms with Gasteiger partial charge >= 0.3 is 0 Å². The quantitative estimate of drug-likeness (QED) is 0.680. The van der Waals surface area contributed by atoms with Gasteiger partial charge in [0, 0.05) is 32.7 Å². The largest absolute Gasteiger partial charge is 0.486 e. The van der Waals surface area contributed by atoms with Gasteiger partial charge in [0.15, 0.2) is 21.3 Å². The molecule has 3 aliphatic heterocycles. The third-order valence-corrected chi connectivity index (χ3v) is 9.64. The van der Waals surface area contributed by atoms with E-state index in [2.05, 4.69) is 4.90 Å². The highest BCUT2D eigenvalue weighted by atomic mass is 32.2. The predicted molar refractivity (Wildman–Crippen MR) is 100 cm³/mol. The summed E-state index contributed by atoms with van der Waals surface area (Å²) in [7, 11) is -6.78. The molecule has 3 heterocycles. The molecule has 10 heteroatoms. The summed E-state index contributed by atoms with van der Waals surface area (Å²) < 4.78 is 61.8. The molecule has 3 aliphatic rings. The minimum atomic E-state index is -3.56. The number of nitrogens with zero attached hydrogens (tertiary/aromatic N) is 2. The summed E-state index contributed by atoms with van der Waals surface area (Å²) >= 11 is 0. The molecule has 2 fully saturated rings. The Hall–Kier alpha value is -1.36. The highest BCUT2D eigenvalue weighted by Gasteiger charge is 2.41. The number of hydrogen-bond donors (Lipinski definition) is 0. The van der Waals surface area contributed by atoms with Crippen LogP contribution >= 0.6 is 0 Å². The second-order valence-corrected chi connectivity index (χ2v) is 11.7. The van der Waals surface area contributed by atoms with E-state index in [1.54, 1.807) is 0 Å². The van der Waals surface area contributed by atoms with E-state index in [-0.39, 0.29) is 24.0 Å². The number of para-hydroxylation sites is 2. The number of hydrogen-bond acceptors (Lipinski definition) is 7. The van der Waals surface area contributed by atoms with Crippen LogP contribution in [0.25, 0.3) is 0 Å². The van der Waals surface area contributed by atoms with Crippen LogP contribution in [0.4, 0.5) is 0 Å². The van der Waals surface area contributed by atoms with E-state index in [1.165, 1.54) is 4.31 Å². The van der Waals surface area contributed by atoms with Crippen molar-refractivity contribution in [2.75, 3.05) is 50.8 Å². The summed E-state index contributed by atoms with van der Waals surface area (Å²) in [4.78, 5) is 2.17. The normalized spacial score (nSPS) is 28.9. The van der Waals surface area contributed by atoms with Gasteiger partial charge in [-0.3, -0.25) is 4.90 Å². The molecule has 1 aromatic rings. The van der Waals surface area contributed by atoms with Crippen molar-refractivity contribution in [1.82, 2.24) is 9.21 Å². The zero-order valence-electron chi connectivity index (χ0n) is 15.0. The fraction of sp³-hybridized carbons (Fsp3) is 0.647. The summed E-state index contributed by atoms with van der Waals surface area (Å²) in [6, 6.07) is 7.55. The van der Waals surface area contributed by atoms with E-state index in [9.17, 15) is 16.8 Å². The number of sulfone groups is 1. The summed E-state index contributed by atoms with van der Waals surface area (Å²) in [5.41, 5.74) is 0. The first-order chi connectivity index (χ1) is 12.8. The minimum Gasteiger partial charge on any atom is -0.486 e. The van der Waals surface area contributed by atoms with E-state index in [0.717, 1.165) is 11.5 Å². The molecular weight excluding hydrogens is 392 g/mol. The Morgan fingerprint density at radius 1 is 1.07 bits per heavy atom. The van der Waals surface area contributed by atoms with Crippen LogP contribution in [0.3, 0.4) is 0 Å². The van der Waals surface area contributed by atoms with E-state index in [4.69, 9.17) is 9.47 Å². The Balaban J connectivity index is 1.31. The maximum atomic E-state index is 12.7. The van der Waals surface area contributed by atoms with Crippen LogP contribution in [-0.2, 0) is 19.9 Å². The molecule has 4 rings (SSSR count). The van der Waals surface area contributed by atoms with Crippen LogP contribution in [0.15, 0.2) is 24.3 Å². The van der Waals surface area contributed by atoms with Gasteiger partial charge in [-0.2, -0.15) is 4.31 Å². The number of benzene rings is 1. The zero-order valence-corrected chi connectivity index (χ0v) is 16.6. The van der Waals surface area contributed by atoms with Crippen molar-refractivity contribution < 1.29 is 26.3 Å². The molecular formula is C17H24N2O6S2. The first kappa shape index (κ1) is 19.0. The molecule has 0 radical (unpaired) electrons. The lowest BCUT2D eigenvalue weighted by molar-refractivity contribution is 0.0493. The summed E-state index contributed by atoms with van der Waals surface area (Å²) in [6.45, 7) is 3.09. The Labute approximate surface area is 160 Å². The molecule has 2 unspecified atom stereocenters. The van der Waals surface area contributed by atoms with E-state index in [0.29, 0.717) is 39.3 Å². The topological polar surface area (TPSA) is 93.2 Å². The van der Waals surface area contributed by atoms with Gasteiger partial charge in [0.05, 0.1) is 16.8 Å². The van der Waals surface area contributed by atoms with Crippen LogP contribution in [-0.4, -0.2) is 88.2 Å². The van der Waals surface area contributed by atoms with Crippen LogP contribution in [0.5, 0.6) is 11.5 Å². The van der Waals surface area contributed by atoms with Crippen molar-refractivity contribution in [2.45, 2.75) is 17.8 Å². The van der Waals surface area contributed by atoms with Crippen molar-refractivity contribution in [3.05, 3.63) is 24.3 Å². The molecule has 8 nitrogen and oxygen atoms in total. The van der Waals surface area contributed by atoms with Crippen LogP contribution < -0.4 is 9.47 Å². The van der Waals surface area contributed by atoms with Gasteiger partial charge < -0.3 is 9.47 Å². The Kier molecular flexibility index (Phi) is 5.08. The number of rotatable bonds is 4. The van der Waals surface area contributed by atoms with Crippen LogP contribution in [0.2, 0.25) is 0 Å². The lowest BCUT2D eigenvalue weighted by Crippen LogP contribution is -2.53. The third-order valence-electron chi connectivity index (χ3n) is 5.33. The number of sulfonamides is 1. The van der Waals surface area contributed by atoms with Gasteiger partial charge in [-0.25, -0.2) is 16.8 Å². The molecule has 2 saturated heterocycles. The van der Waals surface area contributed by atoms with Crippen molar-refractivity contribution in [2.24, 2.45) is 0 Å². The lowest BCUT2D eigenvalue weighted by atomic mass is 10.2. The van der Waals surface area contributed by atoms with Gasteiger partial charge in [-0.15, -0.1) is 0 Å². The zero-order chi connectivity index (χ0) is 19.1. The van der Waals surface area contributed by atoms with Gasteiger partial charge in [-0.05, 0) is 18.6 Å². The van der Waals surface area contributed by atoms with Crippen molar-refractivity contribution >= 4 is 19.9 Å². The minimum absolute atomic E-state index is 0.0304. The van der Waals surface area contributed by atoms with E-state index < -0.39 is 25.1 Å². The second kappa shape index (κ2) is 7.23. The fourth-order valence-electron chi connectivity index (χ4n) is 3.81. The summed E-state index contributed by atoms with van der Waals surface area (Å²) in [5.74, 6) is 1.20. The predicted octanol–water partition coefficient (Wildman–Crippen LogP) is -0.0391. The first-order valence-electron chi connectivity index (χ1n) is 9.14. The van der Waals surface area contributed by atoms with Crippen LogP contribution in [0, 0.1) is 0 Å². The van der Waals surface area contributed by atoms with Gasteiger partial charge in [0.1, 0.15) is 12.7 Å². The molecule has 0 saturated carbocycles. The highest BCUT2D eigenvalue weighted by Crippen LogP contribution is 2.31. The smallest absolute Gasteiger partial charge is 0.218 e. The average Bonchev–Trinajstić information content (AvgIpc) is 3.03. The molecule has 0 spiro atoms. The Bertz CT molecular complexity index is 894. The highest BCUT2D eigenvalue weighted by molar-refractivity contribution is 7.95. The average molecular weight is 417 g/mol. The molecule has 0 aromatic heterocycles. The fourth-order valence-corrected chi connectivity index (χ4v) is 8.33. The number of fused-ring (bicyclic) bond motifs is 1. The first-order valence-corrected chi connectivity index (χ1v) is 12.5. The lowest BCUT2D eigenvalue weighted by Gasteiger charge is -2.37. The second-order valence-electron chi connectivity index (χ2n) is 7.27. The summed E-state index contributed by atoms with van der Waals surface area (Å²) in [5, 5.41) is -0.791. The van der Waals surface area contributed by atoms with E-state index >= 15 is 0 Å². The molecule has 0 N–H and O–H groups in total. The van der Waals surface area contributed by atoms with Crippen molar-refractivity contribution in [3.8, 4) is 11.5 Å². The number of piperazine rings is 1. The number of ether oxygens (including phenoxy) is 2. The summed E-state index contributed by atoms with van der Waals surface area (Å²) in [6.07, 6.45) is 0.111. The molecule has 0 aliphatic carbocycles. The van der Waals surface area contributed by atoms with Gasteiger partial charge in [0.25, 0.3) is 0 Å². The molecule has 27 heavy (non-hydrogen) atoms. The van der Waals surface area contributed by atoms with Gasteiger partial charge in [-0.1, -0.05) is 12.1 Å². The maximum Gasteiger partial charge on any atom is 0.218 e. The molecule has 0 amide bonds. The molecule has 0 bridgehead atoms. The Morgan fingerprint density at radius 2 is 1.78 bits per heavy atom. The standard InChI is InChI=1S/C17H24N2O6S2/c20-26(21)10-5-15(13-26)27(22,23)19-8-6-18(7-9-19)11-14-12-24-16-3-1-2-4-17(16)25-14/h1-4,14-15H,5-13H2. The van der Waals surface area contributed by atoms with E-state index in [1.807, 2.05) is 24.3 Å². The third kappa shape index (κ3) is 4.08. The van der Waals surface area contributed by atoms with Gasteiger partial charge in [0.2, 0.25) is 10.0 Å². The molecule has 2 atom stereocenters. The monoisotopic (exact) mass is 416 g/mol. The molecule has 150 valence electrons. The van der Waals surface area contributed by atoms with Crippen molar-refractivity contribution in [3.63, 3.8) is 0 Å². The van der Waals surface area contributed by atoms with Crippen LogP contribution in [0.1, 0.15) is 6.42 Å². The van der Waals surface area contributed by atoms with Crippen molar-refractivity contribution in [1.29, 1.82) is 0 Å².